The normalized spacial score (nSPS) is 20.9. The van der Waals surface area contributed by atoms with Crippen LogP contribution < -0.4 is 31.1 Å². The molecule has 3 aromatic carbocycles. The molecule has 2 amide bonds. The topological polar surface area (TPSA) is 253 Å². The maximum absolute atomic E-state index is 12.7. The Morgan fingerprint density at radius 3 is 1.20 bits per heavy atom. The third-order valence-electron chi connectivity index (χ3n) is 23.5. The number of nitrogens with zero attached hydrogens (tertiary/aromatic N) is 9. The SMILES string of the molecule is BrCC1CCCC1.CC(C)(C)OC(=O)N[C@@H]1c2ccccc2CC12CCN(c1cnc(SCC3CCCC3)cn1)CC2.CCOC(=O)CCSc1cnc(N2CCC3(CC2)Cc2ccccc2[C@H]3NC(=O)OC(C)(C)C)cn1.N[C@@H]1c2ccccc2CC12CCN(c1cnc(SCC3CCCC3)cn1)CC2.O=CO. The van der Waals surface area contributed by atoms with Crippen LogP contribution in [0.15, 0.2) is 125 Å². The van der Waals surface area contributed by atoms with Crippen LogP contribution in [0.3, 0.4) is 0 Å². The molecule has 590 valence electrons. The van der Waals surface area contributed by atoms with Gasteiger partial charge in [0.05, 0.1) is 62.3 Å². The zero-order valence-electron chi connectivity index (χ0n) is 65.3. The van der Waals surface area contributed by atoms with Crippen LogP contribution >= 0.6 is 51.2 Å². The number of aromatic nitrogens is 6. The molecule has 6 aromatic rings. The lowest BCUT2D eigenvalue weighted by molar-refractivity contribution is -0.142. The van der Waals surface area contributed by atoms with Gasteiger partial charge in [0.25, 0.3) is 6.47 Å². The molecule has 3 saturated heterocycles. The molecular weight excluding hydrogens is 1490 g/mol. The minimum atomic E-state index is -0.541. The van der Waals surface area contributed by atoms with Gasteiger partial charge in [-0.3, -0.25) is 9.59 Å². The van der Waals surface area contributed by atoms with Gasteiger partial charge in [-0.15, -0.1) is 35.3 Å². The first-order valence-electron chi connectivity index (χ1n) is 40.0. The summed E-state index contributed by atoms with van der Waals surface area (Å²) in [4.78, 5) is 80.4. The Balaban J connectivity index is 0.000000153. The second-order valence-corrected chi connectivity index (χ2v) is 37.0. The second-order valence-electron chi connectivity index (χ2n) is 33.2. The zero-order valence-corrected chi connectivity index (χ0v) is 69.3. The van der Waals surface area contributed by atoms with Gasteiger partial charge in [-0.1, -0.05) is 127 Å². The average molecular weight is 1610 g/mol. The standard InChI is InChI=1S/C28H38N4O2S.C27H36N4O4S.C23H30N4S.C6H11Br.CH2O2/c1-27(2,3)34-26(33)31-25-22-11-7-6-10-21(22)16-28(25)12-14-32(15-13-28)23-17-30-24(18-29-23)35-19-20-8-4-5-9-20;1-5-34-23(32)10-15-36-22-18-28-21(17-29-22)31-13-11-27(12-14-31)16-19-8-6-7-9-20(19)24(27)30-25(33)35-26(2,3)4;24-22-19-8-4-3-7-18(19)13-23(22)9-11-27(12-10-23)20-14-26-21(15-25-20)28-16-17-5-1-2-6-17;7-5-6-3-1-2-4-6;2-1-3/h6-7,10-11,17-18,20,25H,4-5,8-9,12-16,19H2,1-3H3,(H,31,33);6-9,17-18,24H,5,10-16H2,1-4H3,(H,30,33);3-4,7-8,14-15,17,22H,1-2,5-6,9-13,16,24H2;6H,1-5H2;1H,(H,2,3)/t25-;24-;22-;;/m111../s1. The number of anilines is 3. The summed E-state index contributed by atoms with van der Waals surface area (Å²) in [5.74, 6) is 8.34. The molecule has 3 aliphatic heterocycles. The van der Waals surface area contributed by atoms with Gasteiger partial charge in [-0.25, -0.2) is 39.5 Å². The number of carbonyl (C=O) groups is 4. The Bertz CT molecular complexity index is 3870. The number of alkyl halides is 1. The van der Waals surface area contributed by atoms with Crippen molar-refractivity contribution in [2.75, 3.05) is 83.2 Å². The van der Waals surface area contributed by atoms with Crippen LogP contribution in [0, 0.1) is 34.0 Å². The fraction of sp³-hybridized carbons (Fsp3) is 0.600. The predicted molar refractivity (Wildman–Crippen MR) is 441 cm³/mol. The highest BCUT2D eigenvalue weighted by molar-refractivity contribution is 9.09. The van der Waals surface area contributed by atoms with E-state index in [1.165, 1.54) is 133 Å². The Morgan fingerprint density at radius 1 is 0.523 bits per heavy atom. The number of hydrogen-bond donors (Lipinski definition) is 4. The summed E-state index contributed by atoms with van der Waals surface area (Å²) in [7, 11) is 0. The van der Waals surface area contributed by atoms with Crippen LogP contribution in [-0.4, -0.2) is 139 Å². The van der Waals surface area contributed by atoms with Gasteiger partial charge in [0.2, 0.25) is 0 Å². The first-order valence-corrected chi connectivity index (χ1v) is 44.0. The van der Waals surface area contributed by atoms with E-state index in [1.807, 2.05) is 102 Å². The zero-order chi connectivity index (χ0) is 77.0. The van der Waals surface area contributed by atoms with E-state index >= 15 is 0 Å². The molecule has 6 fully saturated rings. The van der Waals surface area contributed by atoms with Gasteiger partial charge < -0.3 is 50.4 Å². The Labute approximate surface area is 668 Å². The highest BCUT2D eigenvalue weighted by Crippen LogP contribution is 2.55. The Hall–Kier alpha value is -6.73. The molecule has 0 bridgehead atoms. The van der Waals surface area contributed by atoms with Crippen molar-refractivity contribution < 1.29 is 38.5 Å². The molecule has 6 heterocycles. The molecule has 3 spiro atoms. The smallest absolute Gasteiger partial charge is 0.408 e. The number of esters is 1. The van der Waals surface area contributed by atoms with Crippen molar-refractivity contribution in [3.05, 3.63) is 143 Å². The summed E-state index contributed by atoms with van der Waals surface area (Å²) in [6.07, 6.45) is 37.1. The molecule has 6 aliphatic carbocycles. The number of carboxylic acid groups (broad SMARTS) is 1. The highest BCUT2D eigenvalue weighted by atomic mass is 79.9. The maximum Gasteiger partial charge on any atom is 0.408 e. The predicted octanol–water partition coefficient (Wildman–Crippen LogP) is 18.0. The monoisotopic (exact) mass is 1610 g/mol. The number of nitrogens with two attached hydrogens (primary N) is 1. The molecule has 3 aromatic heterocycles. The number of alkyl carbamates (subject to hydrolysis) is 2. The summed E-state index contributed by atoms with van der Waals surface area (Å²) >= 11 is 8.70. The van der Waals surface area contributed by atoms with E-state index in [1.54, 1.807) is 13.1 Å². The summed E-state index contributed by atoms with van der Waals surface area (Å²) in [6, 6.07) is 25.7. The van der Waals surface area contributed by atoms with Crippen molar-refractivity contribution in [3.63, 3.8) is 0 Å². The van der Waals surface area contributed by atoms with Crippen LogP contribution in [0.1, 0.15) is 222 Å². The number of rotatable bonds is 17. The number of amides is 2. The quantitative estimate of drug-likeness (QED) is 0.0218. The molecule has 3 saturated carbocycles. The van der Waals surface area contributed by atoms with Crippen molar-refractivity contribution in [1.82, 2.24) is 40.5 Å². The van der Waals surface area contributed by atoms with E-state index in [-0.39, 0.29) is 59.0 Å². The highest BCUT2D eigenvalue weighted by Gasteiger charge is 2.51. The van der Waals surface area contributed by atoms with Crippen molar-refractivity contribution >= 4 is 93.3 Å². The van der Waals surface area contributed by atoms with Crippen LogP contribution in [0.4, 0.5) is 27.0 Å². The fourth-order valence-electron chi connectivity index (χ4n) is 17.7. The number of nitrogens with one attached hydrogen (secondary N) is 2. The van der Waals surface area contributed by atoms with Gasteiger partial charge >= 0.3 is 18.2 Å². The lowest BCUT2D eigenvalue weighted by atomic mass is 9.72. The second kappa shape index (κ2) is 39.1. The van der Waals surface area contributed by atoms with E-state index < -0.39 is 11.2 Å². The Morgan fingerprint density at radius 2 is 0.862 bits per heavy atom. The van der Waals surface area contributed by atoms with Gasteiger partial charge in [0.1, 0.15) is 43.7 Å². The Kier molecular flexibility index (Phi) is 29.9. The molecule has 3 atom stereocenters. The maximum atomic E-state index is 12.7. The van der Waals surface area contributed by atoms with Crippen LogP contribution in [0.5, 0.6) is 0 Å². The molecule has 0 radical (unpaired) electrons. The first kappa shape index (κ1) is 83.2. The van der Waals surface area contributed by atoms with E-state index in [2.05, 4.69) is 123 Å². The summed E-state index contributed by atoms with van der Waals surface area (Å²) in [5.41, 5.74) is 13.7. The van der Waals surface area contributed by atoms with Crippen molar-refractivity contribution in [2.24, 2.45) is 39.7 Å². The number of halogens is 1. The van der Waals surface area contributed by atoms with Crippen molar-refractivity contribution in [1.29, 1.82) is 0 Å². The first-order chi connectivity index (χ1) is 52.6. The summed E-state index contributed by atoms with van der Waals surface area (Å²) in [6.45, 7) is 18.9. The van der Waals surface area contributed by atoms with E-state index in [0.29, 0.717) is 18.8 Å². The largest absolute Gasteiger partial charge is 0.483 e. The number of thioether (sulfide) groups is 3. The number of benzene rings is 3. The molecule has 0 unspecified atom stereocenters. The van der Waals surface area contributed by atoms with Gasteiger partial charge in [0, 0.05) is 78.7 Å². The number of piperidine rings is 3. The number of ether oxygens (including phenoxy) is 3. The van der Waals surface area contributed by atoms with Gasteiger partial charge in [-0.2, -0.15) is 0 Å². The average Bonchev–Trinajstić information content (AvgIpc) is 1.62. The van der Waals surface area contributed by atoms with Crippen LogP contribution in [0.2, 0.25) is 0 Å². The molecule has 9 aliphatic rings. The summed E-state index contributed by atoms with van der Waals surface area (Å²) < 4.78 is 16.2. The van der Waals surface area contributed by atoms with Crippen molar-refractivity contribution in [3.8, 4) is 0 Å². The fourth-order valence-corrected chi connectivity index (χ4v) is 21.1. The summed E-state index contributed by atoms with van der Waals surface area (Å²) in [5, 5.41) is 17.5. The van der Waals surface area contributed by atoms with Gasteiger partial charge in [0.15, 0.2) is 0 Å². The van der Waals surface area contributed by atoms with E-state index in [0.717, 1.165) is 153 Å². The number of fused-ring (bicyclic) bond motifs is 3. The minimum Gasteiger partial charge on any atom is -0.483 e. The molecular formula is C85H117BrN12O8S3. The molecule has 5 N–H and O–H groups in total. The number of carbonyl (C=O) groups excluding carboxylic acids is 3. The number of hydrogen-bond acceptors (Lipinski definition) is 20. The van der Waals surface area contributed by atoms with E-state index in [4.69, 9.17) is 44.8 Å². The van der Waals surface area contributed by atoms with Gasteiger partial charge in [-0.05, 0) is 201 Å². The van der Waals surface area contributed by atoms with E-state index in [9.17, 15) is 14.4 Å². The van der Waals surface area contributed by atoms with Crippen LogP contribution in [0.25, 0.3) is 0 Å². The lowest BCUT2D eigenvalue weighted by Crippen LogP contribution is -2.47. The molecule has 15 rings (SSSR count). The van der Waals surface area contributed by atoms with Crippen LogP contribution in [-0.2, 0) is 43.1 Å². The third-order valence-corrected chi connectivity index (χ3v) is 27.6. The molecule has 24 heteroatoms. The minimum absolute atomic E-state index is 0.00158. The lowest BCUT2D eigenvalue weighted by Gasteiger charge is -2.43. The molecule has 20 nitrogen and oxygen atoms in total. The van der Waals surface area contributed by atoms with Crippen molar-refractivity contribution in [2.45, 2.75) is 234 Å². The third kappa shape index (κ3) is 22.8. The molecule has 109 heavy (non-hydrogen) atoms.